The smallest absolute Gasteiger partial charge is 0.245 e. The molecule has 0 spiro atoms. The number of rotatable bonds is 11. The van der Waals surface area contributed by atoms with Gasteiger partial charge in [0.2, 0.25) is 5.91 Å². The summed E-state index contributed by atoms with van der Waals surface area (Å²) in [5, 5.41) is 20.8. The number of nitrogens with zero attached hydrogens (tertiary/aromatic N) is 7. The molecular weight excluding hydrogens is 480 g/mol. The van der Waals surface area contributed by atoms with Gasteiger partial charge in [-0.25, -0.2) is 9.67 Å². The van der Waals surface area contributed by atoms with Gasteiger partial charge in [0.15, 0.2) is 0 Å². The molecule has 0 aliphatic rings. The van der Waals surface area contributed by atoms with E-state index in [9.17, 15) is 9.90 Å². The summed E-state index contributed by atoms with van der Waals surface area (Å²) in [6, 6.07) is 19.4. The van der Waals surface area contributed by atoms with Crippen LogP contribution in [0.2, 0.25) is 0 Å². The van der Waals surface area contributed by atoms with Gasteiger partial charge < -0.3 is 20.3 Å². The molecule has 0 aliphatic heterocycles. The number of aromatic nitrogens is 6. The number of hydrogen-bond acceptors (Lipinski definition) is 7. The van der Waals surface area contributed by atoms with Crippen molar-refractivity contribution >= 4 is 5.91 Å². The quantitative estimate of drug-likeness (QED) is 0.314. The van der Waals surface area contributed by atoms with Crippen LogP contribution in [0.25, 0.3) is 11.3 Å². The van der Waals surface area contributed by atoms with Crippen molar-refractivity contribution in [1.82, 2.24) is 34.7 Å². The normalized spacial score (nSPS) is 13.3. The van der Waals surface area contributed by atoms with Crippen molar-refractivity contribution in [3.63, 3.8) is 0 Å². The average molecular weight is 517 g/mol. The van der Waals surface area contributed by atoms with Gasteiger partial charge in [-0.2, -0.15) is 0 Å². The fourth-order valence-corrected chi connectivity index (χ4v) is 4.57. The molecule has 2 aromatic carbocycles. The van der Waals surface area contributed by atoms with Crippen LogP contribution in [0.3, 0.4) is 0 Å². The molecule has 2 aromatic heterocycles. The van der Waals surface area contributed by atoms with Gasteiger partial charge in [0, 0.05) is 30.9 Å². The number of aliphatic hydroxyl groups is 1. The van der Waals surface area contributed by atoms with Crippen molar-refractivity contribution in [2.75, 3.05) is 13.2 Å². The van der Waals surface area contributed by atoms with E-state index < -0.39 is 12.1 Å². The van der Waals surface area contributed by atoms with Crippen molar-refractivity contribution in [3.05, 3.63) is 84.6 Å². The highest BCUT2D eigenvalue weighted by Gasteiger charge is 2.38. The molecule has 0 aliphatic carbocycles. The third kappa shape index (κ3) is 6.70. The number of carbonyl (C=O) groups excluding carboxylic acids is 1. The summed E-state index contributed by atoms with van der Waals surface area (Å²) in [7, 11) is 0. The number of imidazole rings is 1. The van der Waals surface area contributed by atoms with Crippen molar-refractivity contribution in [3.8, 4) is 11.3 Å². The molecule has 3 N–H and O–H groups in total. The molecule has 0 saturated carbocycles. The summed E-state index contributed by atoms with van der Waals surface area (Å²) >= 11 is 0. The van der Waals surface area contributed by atoms with Crippen LogP contribution in [0.4, 0.5) is 0 Å². The second kappa shape index (κ2) is 12.1. The first-order valence-corrected chi connectivity index (χ1v) is 12.8. The minimum atomic E-state index is -0.442. The zero-order valence-corrected chi connectivity index (χ0v) is 22.2. The first-order chi connectivity index (χ1) is 18.3. The van der Waals surface area contributed by atoms with Crippen LogP contribution in [0.5, 0.6) is 0 Å². The Morgan fingerprint density at radius 3 is 2.37 bits per heavy atom. The summed E-state index contributed by atoms with van der Waals surface area (Å²) < 4.78 is 3.55. The number of hydrogen-bond donors (Lipinski definition) is 2. The van der Waals surface area contributed by atoms with Gasteiger partial charge in [0.05, 0.1) is 18.3 Å². The lowest BCUT2D eigenvalue weighted by Crippen LogP contribution is -2.46. The van der Waals surface area contributed by atoms with Gasteiger partial charge in [-0.15, -0.1) is 5.10 Å². The van der Waals surface area contributed by atoms with Crippen LogP contribution in [-0.2, 0) is 17.9 Å². The molecule has 10 heteroatoms. The van der Waals surface area contributed by atoms with Gasteiger partial charge in [-0.1, -0.05) is 81.4 Å². The van der Waals surface area contributed by atoms with Gasteiger partial charge >= 0.3 is 0 Å². The maximum atomic E-state index is 13.8. The minimum Gasteiger partial charge on any atom is -0.395 e. The fraction of sp³-hybridized carbons (Fsp3) is 0.393. The van der Waals surface area contributed by atoms with Gasteiger partial charge in [0.25, 0.3) is 0 Å². The second-order valence-corrected chi connectivity index (χ2v) is 10.6. The van der Waals surface area contributed by atoms with Crippen LogP contribution < -0.4 is 5.73 Å². The van der Waals surface area contributed by atoms with Crippen molar-refractivity contribution < 1.29 is 9.90 Å². The summed E-state index contributed by atoms with van der Waals surface area (Å²) in [5.41, 5.74) is 8.66. The van der Waals surface area contributed by atoms with Crippen LogP contribution >= 0.6 is 0 Å². The van der Waals surface area contributed by atoms with E-state index in [4.69, 9.17) is 10.7 Å². The molecule has 0 saturated heterocycles. The first-order valence-electron chi connectivity index (χ1n) is 12.8. The van der Waals surface area contributed by atoms with Crippen molar-refractivity contribution in [1.29, 1.82) is 0 Å². The highest BCUT2D eigenvalue weighted by molar-refractivity contribution is 5.76. The lowest BCUT2D eigenvalue weighted by Gasteiger charge is -2.40. The van der Waals surface area contributed by atoms with Crippen LogP contribution in [-0.4, -0.2) is 64.9 Å². The molecule has 0 bridgehead atoms. The van der Waals surface area contributed by atoms with E-state index in [1.54, 1.807) is 0 Å². The molecule has 0 radical (unpaired) electrons. The summed E-state index contributed by atoms with van der Waals surface area (Å²) in [6.45, 7) is 7.09. The number of amides is 1. The zero-order valence-electron chi connectivity index (χ0n) is 22.2. The highest BCUT2D eigenvalue weighted by Crippen LogP contribution is 2.39. The molecule has 38 heavy (non-hydrogen) atoms. The highest BCUT2D eigenvalue weighted by atomic mass is 16.3. The Morgan fingerprint density at radius 2 is 1.76 bits per heavy atom. The van der Waals surface area contributed by atoms with E-state index in [-0.39, 0.29) is 24.5 Å². The number of benzene rings is 2. The van der Waals surface area contributed by atoms with E-state index in [1.807, 2.05) is 53.4 Å². The number of aliphatic hydroxyl groups excluding tert-OH is 1. The molecule has 0 fully saturated rings. The third-order valence-electron chi connectivity index (χ3n) is 6.43. The molecule has 0 unspecified atom stereocenters. The molecular formula is C28H36N8O2. The topological polar surface area (TPSA) is 128 Å². The second-order valence-electron chi connectivity index (χ2n) is 10.6. The van der Waals surface area contributed by atoms with Crippen LogP contribution in [0.1, 0.15) is 44.6 Å². The lowest BCUT2D eigenvalue weighted by molar-refractivity contribution is -0.137. The predicted octanol–water partition coefficient (Wildman–Crippen LogP) is 2.91. The monoisotopic (exact) mass is 516 g/mol. The molecule has 1 amide bonds. The summed E-state index contributed by atoms with van der Waals surface area (Å²) in [4.78, 5) is 20.7. The Labute approximate surface area is 223 Å². The van der Waals surface area contributed by atoms with Crippen molar-refractivity contribution in [2.24, 2.45) is 11.1 Å². The molecule has 200 valence electrons. The number of nitrogens with two attached hydrogens (primary N) is 1. The Hall–Kier alpha value is -3.89. The third-order valence-corrected chi connectivity index (χ3v) is 6.43. The molecule has 2 atom stereocenters. The Morgan fingerprint density at radius 1 is 1.08 bits per heavy atom. The van der Waals surface area contributed by atoms with Crippen LogP contribution in [0, 0.1) is 5.41 Å². The van der Waals surface area contributed by atoms with E-state index in [1.165, 1.54) is 11.0 Å². The van der Waals surface area contributed by atoms with Gasteiger partial charge in [-0.3, -0.25) is 4.79 Å². The largest absolute Gasteiger partial charge is 0.395 e. The zero-order chi connectivity index (χ0) is 27.1. The van der Waals surface area contributed by atoms with E-state index >= 15 is 0 Å². The van der Waals surface area contributed by atoms with E-state index in [0.29, 0.717) is 19.5 Å². The Balaban J connectivity index is 1.81. The SMILES string of the molecule is CC(C)(C)[C@H](c1nc(-c2ccccc2)cn1Cc1ccccc1)N(CC[C@@H](N)CO)C(=O)Cn1cnnn1. The maximum absolute atomic E-state index is 13.8. The minimum absolute atomic E-state index is 0.0150. The summed E-state index contributed by atoms with van der Waals surface area (Å²) in [6.07, 6.45) is 3.92. The summed E-state index contributed by atoms with van der Waals surface area (Å²) in [5.74, 6) is 0.626. The predicted molar refractivity (Wildman–Crippen MR) is 145 cm³/mol. The first kappa shape index (κ1) is 27.2. The number of tetrazole rings is 1. The van der Waals surface area contributed by atoms with Crippen LogP contribution in [0.15, 0.2) is 73.2 Å². The molecule has 4 rings (SSSR count). The van der Waals surface area contributed by atoms with Gasteiger partial charge in [0.1, 0.15) is 18.7 Å². The van der Waals surface area contributed by atoms with E-state index in [2.05, 4.69) is 59.2 Å². The average Bonchev–Trinajstić information content (AvgIpc) is 3.56. The Bertz CT molecular complexity index is 1280. The standard InChI is InChI=1S/C28H36N8O2/c1-28(2,3)26(36(15-14-23(29)19-37)25(38)18-35-20-30-32-33-35)27-31-24(22-12-8-5-9-13-22)17-34(27)16-21-10-6-4-7-11-21/h4-13,17,20,23,26,37H,14-16,18-19,29H2,1-3H3/t23-,26+/m1/s1. The maximum Gasteiger partial charge on any atom is 0.245 e. The van der Waals surface area contributed by atoms with Crippen molar-refractivity contribution in [2.45, 2.75) is 52.4 Å². The van der Waals surface area contributed by atoms with E-state index in [0.717, 1.165) is 22.6 Å². The van der Waals surface area contributed by atoms with Gasteiger partial charge in [-0.05, 0) is 27.8 Å². The Kier molecular flexibility index (Phi) is 8.65. The fourth-order valence-electron chi connectivity index (χ4n) is 4.57. The lowest BCUT2D eigenvalue weighted by atomic mass is 9.84. The molecule has 4 aromatic rings. The molecule has 2 heterocycles. The molecule has 10 nitrogen and oxygen atoms in total. The number of carbonyl (C=O) groups is 1.